The van der Waals surface area contributed by atoms with Crippen molar-refractivity contribution in [2.24, 2.45) is 0 Å². The van der Waals surface area contributed by atoms with Gasteiger partial charge in [0.15, 0.2) is 10.8 Å². The number of hydrogen-bond donors (Lipinski definition) is 1. The third-order valence-corrected chi connectivity index (χ3v) is 3.31. The molecule has 18 heavy (non-hydrogen) atoms. The molecule has 2 aromatic rings. The van der Waals surface area contributed by atoms with Crippen molar-refractivity contribution in [2.75, 3.05) is 12.0 Å². The number of thioether (sulfide) groups is 1. The van der Waals surface area contributed by atoms with E-state index in [-0.39, 0.29) is 5.56 Å². The summed E-state index contributed by atoms with van der Waals surface area (Å²) in [4.78, 5) is 20.6. The van der Waals surface area contributed by atoms with E-state index in [1.165, 1.54) is 17.8 Å². The highest BCUT2D eigenvalue weighted by Crippen LogP contribution is 2.23. The van der Waals surface area contributed by atoms with E-state index in [4.69, 9.17) is 5.73 Å². The summed E-state index contributed by atoms with van der Waals surface area (Å²) < 4.78 is 1.55. The first kappa shape index (κ1) is 11.0. The van der Waals surface area contributed by atoms with E-state index in [9.17, 15) is 4.79 Å². The fraction of sp³-hybridized carbons (Fsp3) is 0.0833. The zero-order valence-corrected chi connectivity index (χ0v) is 10.4. The van der Waals surface area contributed by atoms with Gasteiger partial charge in [-0.15, -0.1) is 0 Å². The molecule has 0 aliphatic heterocycles. The first-order valence-electron chi connectivity index (χ1n) is 5.32. The molecule has 0 saturated carbocycles. The molecule has 90 valence electrons. The molecular formula is C12H10N4OS. The number of anilines is 1. The van der Waals surface area contributed by atoms with E-state index in [0.717, 1.165) is 5.70 Å². The molecule has 2 N–H and O–H groups in total. The zero-order valence-electron chi connectivity index (χ0n) is 9.62. The molecule has 2 heterocycles. The van der Waals surface area contributed by atoms with Gasteiger partial charge in [-0.25, -0.2) is 9.97 Å². The highest BCUT2D eigenvalue weighted by atomic mass is 32.2. The summed E-state index contributed by atoms with van der Waals surface area (Å²) in [6.45, 7) is 0. The number of fused-ring (bicyclic) bond motifs is 1. The molecule has 3 rings (SSSR count). The Kier molecular flexibility index (Phi) is 2.45. The number of pyridine rings is 1. The van der Waals surface area contributed by atoms with Gasteiger partial charge >= 0.3 is 0 Å². The second kappa shape index (κ2) is 3.99. The van der Waals surface area contributed by atoms with Gasteiger partial charge in [0, 0.05) is 18.0 Å². The smallest absolute Gasteiger partial charge is 0.258 e. The number of hydrogen-bond acceptors (Lipinski definition) is 5. The van der Waals surface area contributed by atoms with E-state index in [0.29, 0.717) is 21.9 Å². The third-order valence-electron chi connectivity index (χ3n) is 2.74. The molecule has 2 aromatic heterocycles. The topological polar surface area (TPSA) is 73.8 Å². The van der Waals surface area contributed by atoms with Gasteiger partial charge in [0.1, 0.15) is 0 Å². The van der Waals surface area contributed by atoms with Gasteiger partial charge in [0.2, 0.25) is 0 Å². The monoisotopic (exact) mass is 258 g/mol. The van der Waals surface area contributed by atoms with Crippen LogP contribution in [0.5, 0.6) is 0 Å². The van der Waals surface area contributed by atoms with Gasteiger partial charge in [-0.05, 0) is 18.4 Å². The average molecular weight is 258 g/mol. The van der Waals surface area contributed by atoms with Gasteiger partial charge in [0.05, 0.1) is 11.1 Å². The number of rotatable bonds is 2. The van der Waals surface area contributed by atoms with Crippen LogP contribution < -0.4 is 11.3 Å². The van der Waals surface area contributed by atoms with Crippen LogP contribution in [0.15, 0.2) is 40.4 Å². The van der Waals surface area contributed by atoms with Crippen LogP contribution in [0, 0.1) is 0 Å². The zero-order chi connectivity index (χ0) is 12.7. The van der Waals surface area contributed by atoms with Crippen molar-refractivity contribution in [2.45, 2.75) is 5.16 Å². The Morgan fingerprint density at radius 2 is 2.22 bits per heavy atom. The Labute approximate surface area is 107 Å². The van der Waals surface area contributed by atoms with Gasteiger partial charge < -0.3 is 5.73 Å². The Balaban J connectivity index is 2.41. The molecule has 1 aliphatic rings. The lowest BCUT2D eigenvalue weighted by Gasteiger charge is -2.14. The molecule has 0 saturated heterocycles. The summed E-state index contributed by atoms with van der Waals surface area (Å²) in [5, 5.41) is 1.30. The Hall–Kier alpha value is -2.08. The minimum atomic E-state index is -0.179. The van der Waals surface area contributed by atoms with Gasteiger partial charge in [-0.2, -0.15) is 0 Å². The van der Waals surface area contributed by atoms with Crippen LogP contribution in [0.25, 0.3) is 16.7 Å². The summed E-state index contributed by atoms with van der Waals surface area (Å²) in [5.41, 5.74) is 7.43. The van der Waals surface area contributed by atoms with Gasteiger partial charge in [-0.1, -0.05) is 17.8 Å². The van der Waals surface area contributed by atoms with Crippen molar-refractivity contribution in [3.63, 3.8) is 0 Å². The van der Waals surface area contributed by atoms with Crippen molar-refractivity contribution in [1.29, 1.82) is 0 Å². The summed E-state index contributed by atoms with van der Waals surface area (Å²) in [6.07, 6.45) is 9.14. The van der Waals surface area contributed by atoms with Crippen LogP contribution in [0.2, 0.25) is 0 Å². The van der Waals surface area contributed by atoms with Crippen molar-refractivity contribution in [3.05, 3.63) is 40.8 Å². The molecule has 0 fully saturated rings. The summed E-state index contributed by atoms with van der Waals surface area (Å²) >= 11 is 1.43. The quantitative estimate of drug-likeness (QED) is 0.653. The number of nitrogens with two attached hydrogens (primary N) is 1. The summed E-state index contributed by atoms with van der Waals surface area (Å²) in [6, 6.07) is 1.40. The summed E-state index contributed by atoms with van der Waals surface area (Å²) in [7, 11) is 0. The number of nitrogens with zero attached hydrogens (tertiary/aromatic N) is 3. The lowest BCUT2D eigenvalue weighted by molar-refractivity contribution is 0.950. The predicted octanol–water partition coefficient (Wildman–Crippen LogP) is 1.51. The van der Waals surface area contributed by atoms with Crippen molar-refractivity contribution in [3.8, 4) is 0 Å². The van der Waals surface area contributed by atoms with Crippen LogP contribution in [0.1, 0.15) is 0 Å². The molecule has 0 aromatic carbocycles. The van der Waals surface area contributed by atoms with E-state index in [2.05, 4.69) is 9.97 Å². The number of nitrogen functional groups attached to an aromatic ring is 1. The van der Waals surface area contributed by atoms with E-state index >= 15 is 0 Å². The first-order valence-corrected chi connectivity index (χ1v) is 6.54. The average Bonchev–Trinajstić information content (AvgIpc) is 2.31. The van der Waals surface area contributed by atoms with E-state index in [1.807, 2.05) is 24.5 Å². The number of aromatic nitrogens is 3. The molecular weight excluding hydrogens is 248 g/mol. The molecule has 0 atom stereocenters. The molecule has 6 heteroatoms. The van der Waals surface area contributed by atoms with E-state index in [1.54, 1.807) is 10.8 Å². The molecule has 1 aliphatic carbocycles. The largest absolute Gasteiger partial charge is 0.398 e. The van der Waals surface area contributed by atoms with Crippen LogP contribution in [-0.2, 0) is 0 Å². The molecule has 0 unspecified atom stereocenters. The highest BCUT2D eigenvalue weighted by Gasteiger charge is 2.13. The summed E-state index contributed by atoms with van der Waals surface area (Å²) in [5.74, 6) is 0. The fourth-order valence-electron chi connectivity index (χ4n) is 1.79. The van der Waals surface area contributed by atoms with Crippen molar-refractivity contribution < 1.29 is 0 Å². The normalized spacial score (nSPS) is 13.5. The number of allylic oxidation sites excluding steroid dienone is 4. The fourth-order valence-corrected chi connectivity index (χ4v) is 2.13. The maximum absolute atomic E-state index is 12.0. The van der Waals surface area contributed by atoms with Crippen LogP contribution in [-0.4, -0.2) is 20.8 Å². The molecule has 0 spiro atoms. The van der Waals surface area contributed by atoms with Gasteiger partial charge in [0.25, 0.3) is 5.56 Å². The lowest BCUT2D eigenvalue weighted by Crippen LogP contribution is -2.21. The lowest BCUT2D eigenvalue weighted by atomic mass is 10.2. The maximum Gasteiger partial charge on any atom is 0.258 e. The second-order valence-electron chi connectivity index (χ2n) is 3.82. The minimum absolute atomic E-state index is 0.179. The van der Waals surface area contributed by atoms with Gasteiger partial charge in [-0.3, -0.25) is 9.36 Å². The standard InChI is InChI=1S/C12H10N4OS/c1-18-12-14-6-8-9(13)5-10(17)16(11(8)15-12)7-3-2-4-7/h2-6H,13H2,1H3. The predicted molar refractivity (Wildman–Crippen MR) is 73.4 cm³/mol. The second-order valence-corrected chi connectivity index (χ2v) is 4.59. The van der Waals surface area contributed by atoms with Crippen LogP contribution in [0.3, 0.4) is 0 Å². The Bertz CT molecular complexity index is 760. The molecule has 5 nitrogen and oxygen atoms in total. The SMILES string of the molecule is CSc1ncc2c(N)cc(=O)n(C3=CC=C3)c2n1. The molecule has 0 bridgehead atoms. The Morgan fingerprint density at radius 3 is 2.83 bits per heavy atom. The highest BCUT2D eigenvalue weighted by molar-refractivity contribution is 7.98. The first-order chi connectivity index (χ1) is 8.70. The van der Waals surface area contributed by atoms with Crippen LogP contribution >= 0.6 is 11.8 Å². The minimum Gasteiger partial charge on any atom is -0.398 e. The van der Waals surface area contributed by atoms with E-state index < -0.39 is 0 Å². The third kappa shape index (κ3) is 1.53. The Morgan fingerprint density at radius 1 is 1.44 bits per heavy atom. The van der Waals surface area contributed by atoms with Crippen molar-refractivity contribution >= 4 is 34.2 Å². The molecule has 0 amide bonds. The van der Waals surface area contributed by atoms with Crippen molar-refractivity contribution in [1.82, 2.24) is 14.5 Å². The van der Waals surface area contributed by atoms with Crippen LogP contribution in [0.4, 0.5) is 5.69 Å². The molecule has 0 radical (unpaired) electrons. The maximum atomic E-state index is 12.0.